The van der Waals surface area contributed by atoms with E-state index < -0.39 is 0 Å². The van der Waals surface area contributed by atoms with Crippen LogP contribution >= 0.6 is 11.6 Å². The van der Waals surface area contributed by atoms with E-state index in [1.54, 1.807) is 0 Å². The quantitative estimate of drug-likeness (QED) is 0.837. The molecule has 3 nitrogen and oxygen atoms in total. The molecular formula is C15H18ClN3. The predicted molar refractivity (Wildman–Crippen MR) is 78.6 cm³/mol. The molecule has 1 aromatic heterocycles. The van der Waals surface area contributed by atoms with Crippen LogP contribution in [0.2, 0.25) is 5.02 Å². The van der Waals surface area contributed by atoms with Gasteiger partial charge in [-0.05, 0) is 43.0 Å². The Morgan fingerprint density at radius 3 is 2.95 bits per heavy atom. The monoisotopic (exact) mass is 275 g/mol. The fourth-order valence-electron chi connectivity index (χ4n) is 2.73. The van der Waals surface area contributed by atoms with E-state index in [1.165, 1.54) is 29.8 Å². The van der Waals surface area contributed by atoms with Gasteiger partial charge in [0.15, 0.2) is 0 Å². The first-order valence-electron chi connectivity index (χ1n) is 6.75. The van der Waals surface area contributed by atoms with Gasteiger partial charge in [0.25, 0.3) is 0 Å². The van der Waals surface area contributed by atoms with Gasteiger partial charge in [-0.15, -0.1) is 0 Å². The molecule has 19 heavy (non-hydrogen) atoms. The summed E-state index contributed by atoms with van der Waals surface area (Å²) in [5, 5.41) is 5.14. The van der Waals surface area contributed by atoms with Crippen molar-refractivity contribution in [3.05, 3.63) is 46.7 Å². The second-order valence-electron chi connectivity index (χ2n) is 5.06. The summed E-state index contributed by atoms with van der Waals surface area (Å²) in [5.41, 5.74) is 3.81. The minimum atomic E-state index is 0.893. The molecule has 1 aliphatic rings. The first-order chi connectivity index (χ1) is 9.25. The number of halogens is 1. The normalized spacial score (nSPS) is 15.2. The van der Waals surface area contributed by atoms with Crippen molar-refractivity contribution < 1.29 is 0 Å². The number of aryl methyl sites for hydroxylation is 1. The third-order valence-corrected chi connectivity index (χ3v) is 4.17. The maximum atomic E-state index is 6.35. The highest BCUT2D eigenvalue weighted by atomic mass is 35.5. The van der Waals surface area contributed by atoms with Crippen LogP contribution in [0.3, 0.4) is 0 Å². The Balaban J connectivity index is 1.94. The van der Waals surface area contributed by atoms with E-state index in [0.717, 1.165) is 24.5 Å². The third kappa shape index (κ3) is 2.47. The van der Waals surface area contributed by atoms with Gasteiger partial charge in [-0.3, -0.25) is 4.68 Å². The molecule has 1 aromatic carbocycles. The fraction of sp³-hybridized carbons (Fsp3) is 0.400. The summed E-state index contributed by atoms with van der Waals surface area (Å²) in [5.74, 6) is 0. The van der Waals surface area contributed by atoms with Crippen molar-refractivity contribution >= 4 is 17.3 Å². The van der Waals surface area contributed by atoms with Gasteiger partial charge in [0.2, 0.25) is 0 Å². The summed E-state index contributed by atoms with van der Waals surface area (Å²) < 4.78 is 1.94. The van der Waals surface area contributed by atoms with E-state index in [1.807, 2.05) is 30.1 Å². The van der Waals surface area contributed by atoms with Crippen molar-refractivity contribution in [2.75, 3.05) is 11.4 Å². The Hall–Kier alpha value is -1.48. The highest BCUT2D eigenvalue weighted by Gasteiger charge is 2.18. The molecule has 0 aliphatic carbocycles. The Kier molecular flexibility index (Phi) is 3.47. The maximum Gasteiger partial charge on any atom is 0.0598 e. The SMILES string of the molecule is Cn1nccc1CN1CCCCc2c(Cl)cccc21. The topological polar surface area (TPSA) is 21.1 Å². The van der Waals surface area contributed by atoms with Gasteiger partial charge in [-0.1, -0.05) is 17.7 Å². The summed E-state index contributed by atoms with van der Waals surface area (Å²) in [6.45, 7) is 1.97. The van der Waals surface area contributed by atoms with Crippen LogP contribution in [0.15, 0.2) is 30.5 Å². The van der Waals surface area contributed by atoms with Crippen LogP contribution in [0.5, 0.6) is 0 Å². The van der Waals surface area contributed by atoms with Crippen LogP contribution in [-0.4, -0.2) is 16.3 Å². The number of rotatable bonds is 2. The number of anilines is 1. The number of fused-ring (bicyclic) bond motifs is 1. The lowest BCUT2D eigenvalue weighted by atomic mass is 10.1. The van der Waals surface area contributed by atoms with Gasteiger partial charge in [-0.2, -0.15) is 5.10 Å². The third-order valence-electron chi connectivity index (χ3n) is 3.81. The van der Waals surface area contributed by atoms with E-state index in [-0.39, 0.29) is 0 Å². The van der Waals surface area contributed by atoms with Gasteiger partial charge < -0.3 is 4.90 Å². The number of benzene rings is 1. The molecule has 0 bridgehead atoms. The van der Waals surface area contributed by atoms with Crippen molar-refractivity contribution in [3.8, 4) is 0 Å². The summed E-state index contributed by atoms with van der Waals surface area (Å²) in [4.78, 5) is 2.42. The maximum absolute atomic E-state index is 6.35. The Labute approximate surface area is 118 Å². The Morgan fingerprint density at radius 1 is 1.26 bits per heavy atom. The molecule has 100 valence electrons. The molecule has 0 amide bonds. The smallest absolute Gasteiger partial charge is 0.0598 e. The lowest BCUT2D eigenvalue weighted by Crippen LogP contribution is -2.24. The molecule has 0 saturated heterocycles. The van der Waals surface area contributed by atoms with Crippen LogP contribution in [-0.2, 0) is 20.0 Å². The van der Waals surface area contributed by atoms with Crippen LogP contribution in [0.4, 0.5) is 5.69 Å². The van der Waals surface area contributed by atoms with E-state index in [4.69, 9.17) is 11.6 Å². The molecule has 1 aliphatic heterocycles. The molecule has 0 N–H and O–H groups in total. The summed E-state index contributed by atoms with van der Waals surface area (Å²) in [6.07, 6.45) is 5.35. The molecule has 0 spiro atoms. The van der Waals surface area contributed by atoms with E-state index in [2.05, 4.69) is 22.1 Å². The number of nitrogens with zero attached hydrogens (tertiary/aromatic N) is 3. The van der Waals surface area contributed by atoms with Gasteiger partial charge >= 0.3 is 0 Å². The van der Waals surface area contributed by atoms with Crippen molar-refractivity contribution in [3.63, 3.8) is 0 Å². The van der Waals surface area contributed by atoms with E-state index in [0.29, 0.717) is 0 Å². The largest absolute Gasteiger partial charge is 0.365 e. The lowest BCUT2D eigenvalue weighted by molar-refractivity contribution is 0.662. The summed E-state index contributed by atoms with van der Waals surface area (Å²) in [6, 6.07) is 8.30. The zero-order chi connectivity index (χ0) is 13.2. The highest BCUT2D eigenvalue weighted by molar-refractivity contribution is 6.31. The van der Waals surface area contributed by atoms with Crippen LogP contribution in [0.1, 0.15) is 24.1 Å². The Bertz CT molecular complexity index is 577. The van der Waals surface area contributed by atoms with Crippen LogP contribution in [0.25, 0.3) is 0 Å². The van der Waals surface area contributed by atoms with Gasteiger partial charge in [0.05, 0.1) is 12.2 Å². The first-order valence-corrected chi connectivity index (χ1v) is 7.13. The zero-order valence-electron chi connectivity index (χ0n) is 11.1. The summed E-state index contributed by atoms with van der Waals surface area (Å²) in [7, 11) is 1.99. The number of hydrogen-bond acceptors (Lipinski definition) is 2. The minimum absolute atomic E-state index is 0.893. The molecule has 0 saturated carbocycles. The standard InChI is InChI=1S/C15H18ClN3/c1-18-12(8-9-17-18)11-19-10-3-2-5-13-14(16)6-4-7-15(13)19/h4,6-9H,2-3,5,10-11H2,1H3. The van der Waals surface area contributed by atoms with Gasteiger partial charge in [-0.25, -0.2) is 0 Å². The van der Waals surface area contributed by atoms with Gasteiger partial charge in [0.1, 0.15) is 0 Å². The van der Waals surface area contributed by atoms with Crippen molar-refractivity contribution in [1.82, 2.24) is 9.78 Å². The second-order valence-corrected chi connectivity index (χ2v) is 5.47. The van der Waals surface area contributed by atoms with Crippen LogP contribution in [0, 0.1) is 0 Å². The number of aromatic nitrogens is 2. The molecule has 2 heterocycles. The van der Waals surface area contributed by atoms with Crippen molar-refractivity contribution in [1.29, 1.82) is 0 Å². The van der Waals surface area contributed by atoms with Crippen molar-refractivity contribution in [2.24, 2.45) is 7.05 Å². The molecule has 0 atom stereocenters. The zero-order valence-corrected chi connectivity index (χ0v) is 11.9. The molecule has 3 rings (SSSR count). The molecular weight excluding hydrogens is 258 g/mol. The molecule has 4 heteroatoms. The highest BCUT2D eigenvalue weighted by Crippen LogP contribution is 2.32. The van der Waals surface area contributed by atoms with E-state index >= 15 is 0 Å². The fourth-order valence-corrected chi connectivity index (χ4v) is 3.00. The Morgan fingerprint density at radius 2 is 2.16 bits per heavy atom. The molecule has 0 unspecified atom stereocenters. The predicted octanol–water partition coefficient (Wildman–Crippen LogP) is 3.42. The lowest BCUT2D eigenvalue weighted by Gasteiger charge is -2.25. The first kappa shape index (κ1) is 12.5. The molecule has 0 fully saturated rings. The molecule has 0 radical (unpaired) electrons. The van der Waals surface area contributed by atoms with Gasteiger partial charge in [0, 0.05) is 30.5 Å². The van der Waals surface area contributed by atoms with Crippen molar-refractivity contribution in [2.45, 2.75) is 25.8 Å². The van der Waals surface area contributed by atoms with Crippen LogP contribution < -0.4 is 4.90 Å². The summed E-state index contributed by atoms with van der Waals surface area (Å²) >= 11 is 6.35. The average Bonchev–Trinajstić information content (AvgIpc) is 2.69. The number of hydrogen-bond donors (Lipinski definition) is 0. The molecule has 2 aromatic rings. The van der Waals surface area contributed by atoms with E-state index in [9.17, 15) is 0 Å². The minimum Gasteiger partial charge on any atom is -0.365 e. The second kappa shape index (κ2) is 5.25. The average molecular weight is 276 g/mol.